The molecule has 0 unspecified atom stereocenters. The molecule has 0 aliphatic heterocycles. The number of phenols is 1. The zero-order valence-electron chi connectivity index (χ0n) is 11.9. The van der Waals surface area contributed by atoms with Gasteiger partial charge in [0, 0.05) is 5.56 Å². The first-order valence-electron chi connectivity index (χ1n) is 6.55. The predicted molar refractivity (Wildman–Crippen MR) is 84.2 cm³/mol. The molecule has 3 aromatic rings. The van der Waals surface area contributed by atoms with Gasteiger partial charge in [-0.2, -0.15) is 4.37 Å². The fourth-order valence-corrected chi connectivity index (χ4v) is 4.14. The van der Waals surface area contributed by atoms with E-state index in [-0.39, 0.29) is 16.5 Å². The van der Waals surface area contributed by atoms with Gasteiger partial charge >= 0.3 is 0 Å². The van der Waals surface area contributed by atoms with Crippen LogP contribution >= 0.6 is 11.5 Å². The molecule has 0 radical (unpaired) electrons. The number of carbonyl (C=O) groups is 1. The maximum atomic E-state index is 13.6. The molecule has 0 saturated carbocycles. The minimum atomic E-state index is -4.16. The van der Waals surface area contributed by atoms with E-state index in [0.717, 1.165) is 6.07 Å². The van der Waals surface area contributed by atoms with Crippen LogP contribution < -0.4 is 0 Å². The Labute approximate surface area is 140 Å². The van der Waals surface area contributed by atoms with Crippen molar-refractivity contribution >= 4 is 27.7 Å². The van der Waals surface area contributed by atoms with Gasteiger partial charge in [-0.05, 0) is 23.7 Å². The zero-order valence-corrected chi connectivity index (χ0v) is 13.5. The summed E-state index contributed by atoms with van der Waals surface area (Å²) in [6.07, 6.45) is 0.174. The molecule has 122 valence electrons. The van der Waals surface area contributed by atoms with Gasteiger partial charge < -0.3 is 5.11 Å². The first-order valence-corrected chi connectivity index (χ1v) is 8.81. The van der Waals surface area contributed by atoms with Crippen molar-refractivity contribution in [2.24, 2.45) is 0 Å². The van der Waals surface area contributed by atoms with Gasteiger partial charge in [-0.1, -0.05) is 30.3 Å². The fraction of sp³-hybridized carbons (Fsp3) is 0. The van der Waals surface area contributed by atoms with Gasteiger partial charge in [0.1, 0.15) is 0 Å². The van der Waals surface area contributed by atoms with Crippen molar-refractivity contribution in [3.8, 4) is 17.1 Å². The van der Waals surface area contributed by atoms with Crippen molar-refractivity contribution in [1.82, 2.24) is 9.36 Å². The van der Waals surface area contributed by atoms with E-state index in [1.807, 2.05) is 0 Å². The second-order valence-corrected chi connectivity index (χ2v) is 7.59. The smallest absolute Gasteiger partial charge is 0.235 e. The molecular weight excluding hydrogens is 355 g/mol. The molecule has 1 aromatic heterocycles. The Kier molecular flexibility index (Phi) is 4.12. The normalized spacial score (nSPS) is 11.4. The predicted octanol–water partition coefficient (Wildman–Crippen LogP) is 2.70. The molecule has 0 spiro atoms. The molecule has 0 saturated heterocycles. The van der Waals surface area contributed by atoms with Crippen LogP contribution in [0.2, 0.25) is 0 Å². The Morgan fingerprint density at radius 3 is 2.54 bits per heavy atom. The molecule has 24 heavy (non-hydrogen) atoms. The number of nitrogens with zero attached hydrogens (tertiary/aromatic N) is 2. The lowest BCUT2D eigenvalue weighted by atomic mass is 10.2. The van der Waals surface area contributed by atoms with Gasteiger partial charge in [0.15, 0.2) is 23.7 Å². The van der Waals surface area contributed by atoms with E-state index in [9.17, 15) is 22.7 Å². The highest BCUT2D eigenvalue weighted by molar-refractivity contribution is 7.93. The van der Waals surface area contributed by atoms with Crippen LogP contribution in [-0.2, 0) is 9.84 Å². The lowest BCUT2D eigenvalue weighted by Gasteiger charge is -2.04. The summed E-state index contributed by atoms with van der Waals surface area (Å²) >= 11 is 0.647. The number of sulfone groups is 1. The number of aromatic nitrogens is 2. The number of benzene rings is 2. The Bertz CT molecular complexity index is 1020. The van der Waals surface area contributed by atoms with Crippen molar-refractivity contribution in [3.63, 3.8) is 0 Å². The van der Waals surface area contributed by atoms with Gasteiger partial charge in [-0.25, -0.2) is 17.8 Å². The van der Waals surface area contributed by atoms with Crippen LogP contribution in [0.5, 0.6) is 5.75 Å². The molecule has 9 heteroatoms. The first kappa shape index (κ1) is 16.2. The third-order valence-electron chi connectivity index (χ3n) is 3.17. The molecule has 3 rings (SSSR count). The number of rotatable bonds is 4. The maximum Gasteiger partial charge on any atom is 0.235 e. The number of phenolic OH excluding ortho intramolecular Hbond substituents is 1. The summed E-state index contributed by atoms with van der Waals surface area (Å²) in [6, 6.07) is 10.3. The summed E-state index contributed by atoms with van der Waals surface area (Å²) in [5, 5.41) is 9.38. The second kappa shape index (κ2) is 6.10. The molecule has 0 aliphatic rings. The summed E-state index contributed by atoms with van der Waals surface area (Å²) in [7, 11) is -4.16. The van der Waals surface area contributed by atoms with Crippen molar-refractivity contribution in [1.29, 1.82) is 0 Å². The summed E-state index contributed by atoms with van der Waals surface area (Å²) in [5.41, 5.74) is 0.182. The van der Waals surface area contributed by atoms with Crippen molar-refractivity contribution in [3.05, 3.63) is 53.8 Å². The summed E-state index contributed by atoms with van der Waals surface area (Å²) in [4.78, 5) is 14.3. The summed E-state index contributed by atoms with van der Waals surface area (Å²) in [6.45, 7) is 0. The Morgan fingerprint density at radius 2 is 1.88 bits per heavy atom. The van der Waals surface area contributed by atoms with Crippen LogP contribution in [0, 0.1) is 5.82 Å². The number of hydrogen-bond donors (Lipinski definition) is 1. The van der Waals surface area contributed by atoms with E-state index in [0.29, 0.717) is 23.2 Å². The van der Waals surface area contributed by atoms with Gasteiger partial charge in [-0.3, -0.25) is 4.79 Å². The lowest BCUT2D eigenvalue weighted by Crippen LogP contribution is -2.03. The molecule has 0 fully saturated rings. The average Bonchev–Trinajstić information content (AvgIpc) is 3.08. The Hall–Kier alpha value is -2.65. The number of hydrogen-bond acceptors (Lipinski definition) is 7. The molecule has 1 heterocycles. The quantitative estimate of drug-likeness (QED) is 0.715. The molecule has 1 N–H and O–H groups in total. The van der Waals surface area contributed by atoms with Crippen LogP contribution in [0.1, 0.15) is 10.4 Å². The monoisotopic (exact) mass is 364 g/mol. The topological polar surface area (TPSA) is 97.2 Å². The largest absolute Gasteiger partial charge is 0.504 e. The van der Waals surface area contributed by atoms with Gasteiger partial charge in [0.25, 0.3) is 0 Å². The van der Waals surface area contributed by atoms with E-state index in [4.69, 9.17) is 0 Å². The second-order valence-electron chi connectivity index (χ2n) is 4.71. The first-order chi connectivity index (χ1) is 11.4. The number of aldehydes is 1. The standard InChI is InChI=1S/C15H9FN2O4S2/c16-12-7-11(6-10(8-19)13(12)20)24(21,22)15-17-14(18-23-15)9-4-2-1-3-5-9/h1-8,20H. The van der Waals surface area contributed by atoms with Crippen molar-refractivity contribution in [2.75, 3.05) is 0 Å². The third kappa shape index (κ3) is 2.79. The van der Waals surface area contributed by atoms with Crippen molar-refractivity contribution < 1.29 is 22.7 Å². The van der Waals surface area contributed by atoms with Crippen molar-refractivity contribution in [2.45, 2.75) is 9.24 Å². The highest BCUT2D eigenvalue weighted by Gasteiger charge is 2.26. The van der Waals surface area contributed by atoms with E-state index in [2.05, 4.69) is 9.36 Å². The molecule has 0 aliphatic carbocycles. The van der Waals surface area contributed by atoms with E-state index in [1.54, 1.807) is 30.3 Å². The van der Waals surface area contributed by atoms with Crippen LogP contribution in [0.3, 0.4) is 0 Å². The Balaban J connectivity index is 2.08. The fourth-order valence-electron chi connectivity index (χ4n) is 1.96. The lowest BCUT2D eigenvalue weighted by molar-refractivity contribution is 0.112. The zero-order chi connectivity index (χ0) is 17.3. The molecule has 6 nitrogen and oxygen atoms in total. The number of aromatic hydroxyl groups is 1. The van der Waals surface area contributed by atoms with Crippen LogP contribution in [0.15, 0.2) is 51.7 Å². The van der Waals surface area contributed by atoms with Gasteiger partial charge in [-0.15, -0.1) is 0 Å². The maximum absolute atomic E-state index is 13.6. The highest BCUT2D eigenvalue weighted by atomic mass is 32.2. The van der Waals surface area contributed by atoms with E-state index < -0.39 is 31.9 Å². The molecule has 0 bridgehead atoms. The van der Waals surface area contributed by atoms with E-state index in [1.165, 1.54) is 0 Å². The van der Waals surface area contributed by atoms with Crippen LogP contribution in [0.4, 0.5) is 4.39 Å². The Morgan fingerprint density at radius 1 is 1.17 bits per heavy atom. The third-order valence-corrected chi connectivity index (χ3v) is 5.97. The SMILES string of the molecule is O=Cc1cc(S(=O)(=O)c2nc(-c3ccccc3)ns2)cc(F)c1O. The summed E-state index contributed by atoms with van der Waals surface area (Å²) in [5.74, 6) is -1.87. The molecular formula is C15H9FN2O4S2. The van der Waals surface area contributed by atoms with Crippen LogP contribution in [0.25, 0.3) is 11.4 Å². The van der Waals surface area contributed by atoms with Crippen LogP contribution in [-0.4, -0.2) is 29.2 Å². The molecule has 2 aromatic carbocycles. The average molecular weight is 364 g/mol. The van der Waals surface area contributed by atoms with Gasteiger partial charge in [0.2, 0.25) is 14.2 Å². The van der Waals surface area contributed by atoms with Gasteiger partial charge in [0.05, 0.1) is 10.5 Å². The molecule has 0 amide bonds. The minimum absolute atomic E-state index is 0.174. The summed E-state index contributed by atoms with van der Waals surface area (Å²) < 4.78 is 42.4. The highest BCUT2D eigenvalue weighted by Crippen LogP contribution is 2.30. The number of carbonyl (C=O) groups excluding carboxylic acids is 1. The minimum Gasteiger partial charge on any atom is -0.504 e. The molecule has 0 atom stereocenters. The van der Waals surface area contributed by atoms with E-state index >= 15 is 0 Å². The number of halogens is 1.